The summed E-state index contributed by atoms with van der Waals surface area (Å²) in [6.45, 7) is 1.79. The molecular formula is C19H20F2N6O3S. The van der Waals surface area contributed by atoms with E-state index < -0.39 is 40.7 Å². The van der Waals surface area contributed by atoms with Crippen LogP contribution in [0.2, 0.25) is 0 Å². The molecule has 31 heavy (non-hydrogen) atoms. The fourth-order valence-electron chi connectivity index (χ4n) is 3.52. The number of alkyl halides is 2. The number of aromatic nitrogens is 3. The van der Waals surface area contributed by atoms with Gasteiger partial charge in [-0.15, -0.1) is 0 Å². The van der Waals surface area contributed by atoms with E-state index in [4.69, 9.17) is 5.73 Å². The molecule has 1 aromatic carbocycles. The third-order valence-corrected chi connectivity index (χ3v) is 6.70. The van der Waals surface area contributed by atoms with E-state index in [1.165, 1.54) is 31.6 Å². The number of rotatable bonds is 5. The second-order valence-corrected chi connectivity index (χ2v) is 9.20. The number of nitrogens with zero attached hydrogens (tertiary/aromatic N) is 3. The molecule has 1 amide bonds. The molecule has 3 aromatic rings. The molecule has 1 aliphatic rings. The highest BCUT2D eigenvalue weighted by atomic mass is 32.2. The van der Waals surface area contributed by atoms with Crippen molar-refractivity contribution in [1.29, 1.82) is 0 Å². The topological polar surface area (TPSA) is 131 Å². The van der Waals surface area contributed by atoms with Gasteiger partial charge in [-0.1, -0.05) is 6.07 Å². The van der Waals surface area contributed by atoms with Crippen molar-refractivity contribution in [3.05, 3.63) is 41.9 Å². The molecule has 0 saturated heterocycles. The van der Waals surface area contributed by atoms with Crippen LogP contribution >= 0.6 is 0 Å². The predicted octanol–water partition coefficient (Wildman–Crippen LogP) is 1.72. The summed E-state index contributed by atoms with van der Waals surface area (Å²) in [5, 5.41) is 2.47. The Balaban J connectivity index is 1.76. The molecule has 0 spiro atoms. The molecule has 1 saturated carbocycles. The Morgan fingerprint density at radius 2 is 2.03 bits per heavy atom. The van der Waals surface area contributed by atoms with Crippen LogP contribution in [0.4, 0.5) is 14.6 Å². The molecule has 2 aromatic heterocycles. The molecule has 164 valence electrons. The van der Waals surface area contributed by atoms with Gasteiger partial charge in [0.2, 0.25) is 10.0 Å². The molecule has 2 heterocycles. The molecule has 0 aliphatic heterocycles. The van der Waals surface area contributed by atoms with E-state index in [1.807, 2.05) is 0 Å². The molecule has 0 unspecified atom stereocenters. The third kappa shape index (κ3) is 3.83. The number of hydrogen-bond acceptors (Lipinski definition) is 6. The summed E-state index contributed by atoms with van der Waals surface area (Å²) in [6, 6.07) is 3.66. The Hall–Kier alpha value is -3.12. The standard InChI is InChI=1S/C19H20F2N6O3S/c1-10-3-4-12(31(29,30)26-11-6-19(20,21)7-11)5-13(10)15-8-24-17-16(22)25-14(9-27(15)17)18(28)23-2/h3-5,8-9,11,26H,6-7H2,1-2H3,(H2,22,25)(H,23,28). The first-order valence-electron chi connectivity index (χ1n) is 9.37. The van der Waals surface area contributed by atoms with Crippen molar-refractivity contribution in [2.75, 3.05) is 12.8 Å². The predicted molar refractivity (Wildman–Crippen MR) is 109 cm³/mol. The van der Waals surface area contributed by atoms with Gasteiger partial charge in [-0.05, 0) is 24.6 Å². The maximum absolute atomic E-state index is 13.1. The van der Waals surface area contributed by atoms with Crippen molar-refractivity contribution in [3.63, 3.8) is 0 Å². The van der Waals surface area contributed by atoms with Crippen molar-refractivity contribution in [1.82, 2.24) is 24.4 Å². The summed E-state index contributed by atoms with van der Waals surface area (Å²) < 4.78 is 55.5. The molecular weight excluding hydrogens is 430 g/mol. The third-order valence-electron chi connectivity index (χ3n) is 5.19. The Labute approximate surface area is 176 Å². The second kappa shape index (κ2) is 7.24. The molecule has 0 atom stereocenters. The number of anilines is 1. The lowest BCUT2D eigenvalue weighted by Crippen LogP contribution is -2.50. The smallest absolute Gasteiger partial charge is 0.271 e. The van der Waals surface area contributed by atoms with E-state index >= 15 is 0 Å². The zero-order chi connectivity index (χ0) is 22.6. The number of hydrogen-bond donors (Lipinski definition) is 3. The molecule has 4 N–H and O–H groups in total. The number of amides is 1. The number of aryl methyl sites for hydroxylation is 1. The number of fused-ring (bicyclic) bond motifs is 1. The van der Waals surface area contributed by atoms with E-state index in [0.717, 1.165) is 5.56 Å². The number of benzene rings is 1. The van der Waals surface area contributed by atoms with E-state index in [-0.39, 0.29) is 16.4 Å². The molecule has 4 rings (SSSR count). The maximum Gasteiger partial charge on any atom is 0.271 e. The van der Waals surface area contributed by atoms with Crippen LogP contribution in [0.5, 0.6) is 0 Å². The molecule has 12 heteroatoms. The van der Waals surface area contributed by atoms with E-state index in [2.05, 4.69) is 20.0 Å². The minimum Gasteiger partial charge on any atom is -0.381 e. The number of halogens is 2. The number of carbonyl (C=O) groups is 1. The minimum atomic E-state index is -4.00. The van der Waals surface area contributed by atoms with Crippen LogP contribution in [0.3, 0.4) is 0 Å². The first-order chi connectivity index (χ1) is 14.5. The molecule has 1 aliphatic carbocycles. The van der Waals surface area contributed by atoms with Gasteiger partial charge >= 0.3 is 0 Å². The van der Waals surface area contributed by atoms with Crippen molar-refractivity contribution < 1.29 is 22.0 Å². The summed E-state index contributed by atoms with van der Waals surface area (Å²) in [6.07, 6.45) is 1.92. The van der Waals surface area contributed by atoms with Crippen LogP contribution in [-0.2, 0) is 10.0 Å². The van der Waals surface area contributed by atoms with Gasteiger partial charge in [0, 0.05) is 37.7 Å². The highest BCUT2D eigenvalue weighted by Gasteiger charge is 2.46. The minimum absolute atomic E-state index is 0.0429. The van der Waals surface area contributed by atoms with Crippen LogP contribution in [0.25, 0.3) is 16.9 Å². The van der Waals surface area contributed by atoms with Gasteiger partial charge < -0.3 is 11.1 Å². The summed E-state index contributed by atoms with van der Waals surface area (Å²) >= 11 is 0. The van der Waals surface area contributed by atoms with Gasteiger partial charge in [0.05, 0.1) is 16.8 Å². The van der Waals surface area contributed by atoms with Gasteiger partial charge in [0.15, 0.2) is 11.5 Å². The largest absolute Gasteiger partial charge is 0.381 e. The van der Waals surface area contributed by atoms with Gasteiger partial charge in [-0.2, -0.15) is 0 Å². The second-order valence-electron chi connectivity index (χ2n) is 7.49. The van der Waals surface area contributed by atoms with Crippen molar-refractivity contribution in [3.8, 4) is 11.3 Å². The zero-order valence-electron chi connectivity index (χ0n) is 16.7. The van der Waals surface area contributed by atoms with Gasteiger partial charge in [-0.25, -0.2) is 31.9 Å². The van der Waals surface area contributed by atoms with Gasteiger partial charge in [-0.3, -0.25) is 9.20 Å². The average molecular weight is 450 g/mol. The lowest BCUT2D eigenvalue weighted by molar-refractivity contribution is -0.0876. The average Bonchev–Trinajstić information content (AvgIpc) is 3.10. The number of nitrogens with two attached hydrogens (primary N) is 1. The zero-order valence-corrected chi connectivity index (χ0v) is 17.5. The van der Waals surface area contributed by atoms with Crippen molar-refractivity contribution in [2.45, 2.75) is 36.6 Å². The number of nitrogens with one attached hydrogen (secondary N) is 2. The number of nitrogen functional groups attached to an aromatic ring is 1. The fraction of sp³-hybridized carbons (Fsp3) is 0.316. The number of sulfonamides is 1. The monoisotopic (exact) mass is 450 g/mol. The Morgan fingerprint density at radius 3 is 2.68 bits per heavy atom. The quantitative estimate of drug-likeness (QED) is 0.542. The lowest BCUT2D eigenvalue weighted by atomic mass is 9.89. The summed E-state index contributed by atoms with van der Waals surface area (Å²) in [4.78, 5) is 20.2. The van der Waals surface area contributed by atoms with Gasteiger partial charge in [0.1, 0.15) is 5.69 Å². The van der Waals surface area contributed by atoms with Crippen molar-refractivity contribution >= 4 is 27.4 Å². The van der Waals surface area contributed by atoms with Crippen LogP contribution in [0.1, 0.15) is 28.9 Å². The maximum atomic E-state index is 13.1. The highest BCUT2D eigenvalue weighted by Crippen LogP contribution is 2.38. The summed E-state index contributed by atoms with van der Waals surface area (Å²) in [5.74, 6) is -3.23. The Morgan fingerprint density at radius 1 is 1.32 bits per heavy atom. The molecule has 1 fully saturated rings. The van der Waals surface area contributed by atoms with Crippen LogP contribution in [0.15, 0.2) is 35.5 Å². The summed E-state index contributed by atoms with van der Waals surface area (Å²) in [5.41, 5.74) is 8.09. The fourth-order valence-corrected chi connectivity index (χ4v) is 4.79. The molecule has 9 nitrogen and oxygen atoms in total. The van der Waals surface area contributed by atoms with E-state index in [1.54, 1.807) is 17.4 Å². The number of imidazole rings is 1. The number of carbonyl (C=O) groups excluding carboxylic acids is 1. The summed E-state index contributed by atoms with van der Waals surface area (Å²) in [7, 11) is -2.54. The van der Waals surface area contributed by atoms with Crippen LogP contribution in [0, 0.1) is 6.92 Å². The molecule has 0 radical (unpaired) electrons. The molecule has 0 bridgehead atoms. The van der Waals surface area contributed by atoms with Crippen LogP contribution < -0.4 is 15.8 Å². The van der Waals surface area contributed by atoms with E-state index in [0.29, 0.717) is 16.9 Å². The van der Waals surface area contributed by atoms with Crippen LogP contribution in [-0.4, -0.2) is 47.7 Å². The first kappa shape index (κ1) is 21.1. The first-order valence-corrected chi connectivity index (χ1v) is 10.9. The van der Waals surface area contributed by atoms with E-state index in [9.17, 15) is 22.0 Å². The SMILES string of the molecule is CNC(=O)c1cn2c(-c3cc(S(=O)(=O)NC4CC(F)(F)C4)ccc3C)cnc2c(N)n1. The Bertz CT molecular complexity index is 1300. The Kier molecular flexibility index (Phi) is 4.93. The van der Waals surface area contributed by atoms with Crippen molar-refractivity contribution in [2.24, 2.45) is 0 Å². The highest BCUT2D eigenvalue weighted by molar-refractivity contribution is 7.89. The van der Waals surface area contributed by atoms with Gasteiger partial charge in [0.25, 0.3) is 11.8 Å². The lowest BCUT2D eigenvalue weighted by Gasteiger charge is -2.35. The normalized spacial score (nSPS) is 16.3.